The number of fused-ring (bicyclic) bond motifs is 2. The van der Waals surface area contributed by atoms with Crippen LogP contribution in [0.15, 0.2) is 48.7 Å². The van der Waals surface area contributed by atoms with Crippen LogP contribution in [-0.2, 0) is 4.79 Å². The lowest BCUT2D eigenvalue weighted by Crippen LogP contribution is -2.57. The van der Waals surface area contributed by atoms with E-state index in [1.807, 2.05) is 23.2 Å². The number of carbonyl (C=O) groups excluding carboxylic acids is 1. The average molecular weight is 391 g/mol. The number of hydrogen-bond donors (Lipinski definition) is 0. The zero-order valence-electron chi connectivity index (χ0n) is 16.5. The first kappa shape index (κ1) is 18.5. The van der Waals surface area contributed by atoms with Gasteiger partial charge >= 0.3 is 0 Å². The van der Waals surface area contributed by atoms with Crippen molar-refractivity contribution >= 4 is 12.0 Å². The third kappa shape index (κ3) is 3.60. The summed E-state index contributed by atoms with van der Waals surface area (Å²) in [6, 6.07) is 10.8. The third-order valence-corrected chi connectivity index (χ3v) is 6.72. The Balaban J connectivity index is 1.37. The number of aromatic nitrogens is 1. The van der Waals surface area contributed by atoms with Gasteiger partial charge in [0.15, 0.2) is 0 Å². The molecule has 4 nitrogen and oxygen atoms in total. The van der Waals surface area contributed by atoms with Gasteiger partial charge in [-0.2, -0.15) is 0 Å². The van der Waals surface area contributed by atoms with Crippen molar-refractivity contribution in [1.82, 2.24) is 15.0 Å². The average Bonchev–Trinajstić information content (AvgIpc) is 3.12. The van der Waals surface area contributed by atoms with E-state index in [9.17, 15) is 9.18 Å². The van der Waals surface area contributed by atoms with Crippen LogP contribution < -0.4 is 0 Å². The highest BCUT2D eigenvalue weighted by atomic mass is 19.1. The van der Waals surface area contributed by atoms with E-state index in [2.05, 4.69) is 22.1 Å². The number of hydrogen-bond acceptors (Lipinski definition) is 3. The van der Waals surface area contributed by atoms with Gasteiger partial charge in [0.05, 0.1) is 11.7 Å². The number of carbonyl (C=O) groups is 1. The van der Waals surface area contributed by atoms with Gasteiger partial charge in [0.1, 0.15) is 5.82 Å². The molecule has 2 saturated heterocycles. The van der Waals surface area contributed by atoms with Crippen molar-refractivity contribution in [3.05, 3.63) is 60.2 Å². The number of pyridine rings is 1. The number of rotatable bonds is 3. The summed E-state index contributed by atoms with van der Waals surface area (Å²) < 4.78 is 13.5. The Kier molecular flexibility index (Phi) is 4.92. The Bertz CT molecular complexity index is 926. The minimum absolute atomic E-state index is 0.240. The van der Waals surface area contributed by atoms with Crippen molar-refractivity contribution in [2.24, 2.45) is 11.8 Å². The SMILES string of the molecule is O=C1CCN2C(/C=C/c3ccc(-c4cccc(F)c4)cn3)C3CCCCC3CN12. The van der Waals surface area contributed by atoms with E-state index in [0.29, 0.717) is 18.3 Å². The summed E-state index contributed by atoms with van der Waals surface area (Å²) in [5.74, 6) is 1.26. The van der Waals surface area contributed by atoms with Gasteiger partial charge in [-0.05, 0) is 54.5 Å². The second kappa shape index (κ2) is 7.71. The molecule has 3 fully saturated rings. The van der Waals surface area contributed by atoms with E-state index in [-0.39, 0.29) is 17.8 Å². The number of amides is 1. The Labute approximate surface area is 171 Å². The van der Waals surface area contributed by atoms with Gasteiger partial charge < -0.3 is 0 Å². The number of halogens is 1. The molecule has 3 heterocycles. The van der Waals surface area contributed by atoms with Crippen molar-refractivity contribution in [1.29, 1.82) is 0 Å². The van der Waals surface area contributed by atoms with E-state index in [1.165, 1.54) is 37.8 Å². The smallest absolute Gasteiger partial charge is 0.238 e. The highest BCUT2D eigenvalue weighted by Crippen LogP contribution is 2.41. The van der Waals surface area contributed by atoms with Crippen molar-refractivity contribution in [3.8, 4) is 11.1 Å². The zero-order valence-corrected chi connectivity index (χ0v) is 16.5. The van der Waals surface area contributed by atoms with Gasteiger partial charge in [-0.25, -0.2) is 9.40 Å². The molecule has 3 atom stereocenters. The maximum atomic E-state index is 13.5. The summed E-state index contributed by atoms with van der Waals surface area (Å²) in [7, 11) is 0. The third-order valence-electron chi connectivity index (χ3n) is 6.72. The second-order valence-corrected chi connectivity index (χ2v) is 8.43. The molecule has 150 valence electrons. The second-order valence-electron chi connectivity index (χ2n) is 8.43. The van der Waals surface area contributed by atoms with Gasteiger partial charge in [0, 0.05) is 31.3 Å². The molecule has 3 aliphatic rings. The van der Waals surface area contributed by atoms with Gasteiger partial charge in [0.2, 0.25) is 5.91 Å². The molecule has 5 rings (SSSR count). The van der Waals surface area contributed by atoms with Crippen LogP contribution in [0.4, 0.5) is 4.39 Å². The maximum absolute atomic E-state index is 13.5. The normalized spacial score (nSPS) is 27.3. The lowest BCUT2D eigenvalue weighted by atomic mass is 9.73. The first-order valence-corrected chi connectivity index (χ1v) is 10.7. The van der Waals surface area contributed by atoms with E-state index >= 15 is 0 Å². The molecule has 5 heteroatoms. The fourth-order valence-corrected chi connectivity index (χ4v) is 5.26. The molecule has 1 amide bonds. The molecule has 0 radical (unpaired) electrons. The molecule has 29 heavy (non-hydrogen) atoms. The van der Waals surface area contributed by atoms with Crippen molar-refractivity contribution < 1.29 is 9.18 Å². The summed E-state index contributed by atoms with van der Waals surface area (Å²) in [5, 5.41) is 4.29. The standard InChI is InChI=1S/C24H26FN3O/c25-20-6-3-5-17(14-20)18-8-9-21(26-15-18)10-11-23-22-7-2-1-4-19(22)16-28-24(29)12-13-27(23)28/h3,5-6,8-11,14-15,19,22-23H,1-2,4,7,12-13,16H2/b11-10+. The molecule has 0 N–H and O–H groups in total. The van der Waals surface area contributed by atoms with Crippen LogP contribution in [0.1, 0.15) is 37.8 Å². The fraction of sp³-hybridized carbons (Fsp3) is 0.417. The van der Waals surface area contributed by atoms with E-state index in [4.69, 9.17) is 0 Å². The minimum atomic E-state index is -0.240. The summed E-state index contributed by atoms with van der Waals surface area (Å²) >= 11 is 0. The van der Waals surface area contributed by atoms with Crippen LogP contribution in [0.3, 0.4) is 0 Å². The molecule has 1 aromatic carbocycles. The van der Waals surface area contributed by atoms with Gasteiger partial charge in [-0.15, -0.1) is 0 Å². The van der Waals surface area contributed by atoms with Gasteiger partial charge in [-0.1, -0.05) is 37.1 Å². The first-order valence-electron chi connectivity index (χ1n) is 10.7. The van der Waals surface area contributed by atoms with Gasteiger partial charge in [-0.3, -0.25) is 14.8 Å². The molecule has 2 aromatic rings. The summed E-state index contributed by atoms with van der Waals surface area (Å²) in [4.78, 5) is 16.9. The molecular weight excluding hydrogens is 365 g/mol. The van der Waals surface area contributed by atoms with Crippen LogP contribution in [-0.4, -0.2) is 40.0 Å². The lowest BCUT2D eigenvalue weighted by molar-refractivity contribution is -0.153. The monoisotopic (exact) mass is 391 g/mol. The van der Waals surface area contributed by atoms with E-state index < -0.39 is 0 Å². The van der Waals surface area contributed by atoms with E-state index in [0.717, 1.165) is 29.9 Å². The summed E-state index contributed by atoms with van der Waals surface area (Å²) in [5.41, 5.74) is 2.62. The molecule has 3 unspecified atom stereocenters. The minimum Gasteiger partial charge on any atom is -0.274 e. The molecule has 0 spiro atoms. The Morgan fingerprint density at radius 2 is 2.00 bits per heavy atom. The predicted octanol–water partition coefficient (Wildman–Crippen LogP) is 4.54. The fourth-order valence-electron chi connectivity index (χ4n) is 5.26. The van der Waals surface area contributed by atoms with Crippen LogP contribution in [0.5, 0.6) is 0 Å². The first-order chi connectivity index (χ1) is 14.2. The topological polar surface area (TPSA) is 36.4 Å². The highest BCUT2D eigenvalue weighted by Gasteiger charge is 2.45. The summed E-state index contributed by atoms with van der Waals surface area (Å²) in [6.07, 6.45) is 11.8. The van der Waals surface area contributed by atoms with Crippen LogP contribution >= 0.6 is 0 Å². The largest absolute Gasteiger partial charge is 0.274 e. The molecule has 1 aliphatic carbocycles. The zero-order chi connectivity index (χ0) is 19.8. The quantitative estimate of drug-likeness (QED) is 0.771. The van der Waals surface area contributed by atoms with Crippen molar-refractivity contribution in [3.63, 3.8) is 0 Å². The molecular formula is C24H26FN3O. The molecule has 1 aromatic heterocycles. The van der Waals surface area contributed by atoms with E-state index in [1.54, 1.807) is 12.3 Å². The number of nitrogens with zero attached hydrogens (tertiary/aromatic N) is 3. The maximum Gasteiger partial charge on any atom is 0.238 e. The molecule has 0 bridgehead atoms. The Hall–Kier alpha value is -2.53. The number of benzene rings is 1. The Morgan fingerprint density at radius 3 is 2.83 bits per heavy atom. The van der Waals surface area contributed by atoms with Crippen LogP contribution in [0.2, 0.25) is 0 Å². The summed E-state index contributed by atoms with van der Waals surface area (Å²) in [6.45, 7) is 1.72. The van der Waals surface area contributed by atoms with Gasteiger partial charge in [0.25, 0.3) is 0 Å². The highest BCUT2D eigenvalue weighted by molar-refractivity contribution is 5.78. The lowest BCUT2D eigenvalue weighted by Gasteiger charge is -2.49. The Morgan fingerprint density at radius 1 is 1.10 bits per heavy atom. The van der Waals surface area contributed by atoms with Crippen molar-refractivity contribution in [2.75, 3.05) is 13.1 Å². The molecule has 2 aliphatic heterocycles. The number of hydrazine groups is 1. The molecule has 1 saturated carbocycles. The van der Waals surface area contributed by atoms with Crippen LogP contribution in [0, 0.1) is 17.7 Å². The predicted molar refractivity (Wildman–Crippen MR) is 111 cm³/mol. The van der Waals surface area contributed by atoms with Crippen LogP contribution in [0.25, 0.3) is 17.2 Å². The van der Waals surface area contributed by atoms with Crippen molar-refractivity contribution in [2.45, 2.75) is 38.1 Å².